The largest absolute Gasteiger partial charge is 0.383 e. The summed E-state index contributed by atoms with van der Waals surface area (Å²) in [5.41, 5.74) is 9.96. The molecule has 0 spiro atoms. The highest BCUT2D eigenvalue weighted by atomic mass is 19.1. The number of carbonyl (C=O) groups excluding carboxylic acids is 2. The highest BCUT2D eigenvalue weighted by molar-refractivity contribution is 6.00. The molecule has 5 aromatic rings. The van der Waals surface area contributed by atoms with Crippen LogP contribution in [0.1, 0.15) is 65.2 Å². The second-order valence-corrected chi connectivity index (χ2v) is 10.6. The van der Waals surface area contributed by atoms with Crippen LogP contribution >= 0.6 is 0 Å². The number of amides is 1. The summed E-state index contributed by atoms with van der Waals surface area (Å²) < 4.78 is 17.1. The Hall–Kier alpha value is -5.01. The molecule has 3 atom stereocenters. The third kappa shape index (κ3) is 3.97. The van der Waals surface area contributed by atoms with Crippen LogP contribution in [0, 0.1) is 5.82 Å². The highest BCUT2D eigenvalue weighted by Crippen LogP contribution is 2.45. The van der Waals surface area contributed by atoms with Crippen molar-refractivity contribution in [2.45, 2.75) is 50.6 Å². The Balaban J connectivity index is 1.26. The van der Waals surface area contributed by atoms with Crippen molar-refractivity contribution in [3.63, 3.8) is 0 Å². The van der Waals surface area contributed by atoms with Crippen LogP contribution in [0.15, 0.2) is 37.1 Å². The van der Waals surface area contributed by atoms with Gasteiger partial charge in [0.25, 0.3) is 5.91 Å². The fraction of sp³-hybridized carbons (Fsp3) is 0.333. The van der Waals surface area contributed by atoms with E-state index < -0.39 is 5.82 Å². The Kier molecular flexibility index (Phi) is 5.66. The zero-order valence-corrected chi connectivity index (χ0v) is 22.3. The number of nitrogen functional groups attached to an aromatic ring is 1. The van der Waals surface area contributed by atoms with Crippen LogP contribution in [0.25, 0.3) is 28.2 Å². The number of rotatable bonds is 5. The maximum atomic E-state index is 14.2. The first-order chi connectivity index (χ1) is 19.8. The van der Waals surface area contributed by atoms with Crippen LogP contribution in [-0.4, -0.2) is 73.2 Å². The molecular formula is C27H26FN11O2. The van der Waals surface area contributed by atoms with E-state index in [0.717, 1.165) is 12.8 Å². The van der Waals surface area contributed by atoms with Crippen molar-refractivity contribution >= 4 is 23.2 Å². The molecule has 5 aromatic heterocycles. The lowest BCUT2D eigenvalue weighted by molar-refractivity contribution is 0.0556. The maximum absolute atomic E-state index is 14.2. The molecule has 2 fully saturated rings. The van der Waals surface area contributed by atoms with E-state index >= 15 is 0 Å². The van der Waals surface area contributed by atoms with Gasteiger partial charge in [-0.2, -0.15) is 19.8 Å². The summed E-state index contributed by atoms with van der Waals surface area (Å²) in [5, 5.41) is 15.1. The second-order valence-electron chi connectivity index (χ2n) is 10.6. The average Bonchev–Trinajstić information content (AvgIpc) is 3.74. The van der Waals surface area contributed by atoms with Crippen molar-refractivity contribution in [1.82, 2.24) is 49.4 Å². The lowest BCUT2D eigenvalue weighted by atomic mass is 9.85. The predicted octanol–water partition coefficient (Wildman–Crippen LogP) is 2.78. The topological polar surface area (TPSA) is 166 Å². The first kappa shape index (κ1) is 25.0. The van der Waals surface area contributed by atoms with Crippen molar-refractivity contribution in [3.8, 4) is 22.5 Å². The van der Waals surface area contributed by atoms with Crippen LogP contribution in [0.5, 0.6) is 0 Å². The molecule has 41 heavy (non-hydrogen) atoms. The van der Waals surface area contributed by atoms with Crippen LogP contribution in [-0.2, 0) is 7.05 Å². The molecule has 0 aliphatic carbocycles. The lowest BCUT2D eigenvalue weighted by Crippen LogP contribution is -2.46. The molecule has 3 N–H and O–H groups in total. The van der Waals surface area contributed by atoms with E-state index in [1.807, 2.05) is 4.90 Å². The van der Waals surface area contributed by atoms with Gasteiger partial charge in [0.05, 0.1) is 29.3 Å². The molecule has 2 aliphatic rings. The van der Waals surface area contributed by atoms with Gasteiger partial charge < -0.3 is 10.6 Å². The van der Waals surface area contributed by atoms with E-state index in [1.54, 1.807) is 31.6 Å². The summed E-state index contributed by atoms with van der Waals surface area (Å²) in [4.78, 5) is 41.4. The molecule has 1 unspecified atom stereocenters. The molecule has 2 bridgehead atoms. The summed E-state index contributed by atoms with van der Waals surface area (Å²) >= 11 is 0. The Labute approximate surface area is 232 Å². The number of hydrogen-bond donors (Lipinski definition) is 2. The van der Waals surface area contributed by atoms with Crippen LogP contribution in [0.2, 0.25) is 0 Å². The smallest absolute Gasteiger partial charge is 0.291 e. The zero-order valence-electron chi connectivity index (χ0n) is 22.3. The summed E-state index contributed by atoms with van der Waals surface area (Å²) in [6, 6.07) is 3.47. The van der Waals surface area contributed by atoms with Gasteiger partial charge in [-0.15, -0.1) is 0 Å². The van der Waals surface area contributed by atoms with Gasteiger partial charge >= 0.3 is 0 Å². The molecule has 13 nitrogen and oxygen atoms in total. The first-order valence-corrected chi connectivity index (χ1v) is 13.3. The summed E-state index contributed by atoms with van der Waals surface area (Å²) in [7, 11) is 1.65. The van der Waals surface area contributed by atoms with E-state index in [0.29, 0.717) is 46.6 Å². The number of pyridine rings is 1. The zero-order chi connectivity index (χ0) is 28.4. The fourth-order valence-corrected chi connectivity index (χ4v) is 6.38. The Bertz CT molecular complexity index is 1800. The summed E-state index contributed by atoms with van der Waals surface area (Å²) in [6.45, 7) is 1.48. The van der Waals surface area contributed by atoms with Crippen molar-refractivity contribution in [1.29, 1.82) is 0 Å². The second kappa shape index (κ2) is 9.28. The number of nitrogens with zero attached hydrogens (tertiary/aromatic N) is 9. The number of aromatic nitrogens is 9. The Morgan fingerprint density at radius 3 is 2.51 bits per heavy atom. The quantitative estimate of drug-likeness (QED) is 0.310. The van der Waals surface area contributed by atoms with Gasteiger partial charge in [0, 0.05) is 42.4 Å². The van der Waals surface area contributed by atoms with Crippen LogP contribution < -0.4 is 5.73 Å². The van der Waals surface area contributed by atoms with E-state index in [1.165, 1.54) is 28.6 Å². The maximum Gasteiger partial charge on any atom is 0.291 e. The molecule has 7 rings (SSSR count). The van der Waals surface area contributed by atoms with Gasteiger partial charge in [-0.3, -0.25) is 24.4 Å². The average molecular weight is 556 g/mol. The fourth-order valence-electron chi connectivity index (χ4n) is 6.38. The van der Waals surface area contributed by atoms with E-state index in [-0.39, 0.29) is 47.0 Å². The van der Waals surface area contributed by atoms with Crippen molar-refractivity contribution in [2.75, 3.05) is 5.73 Å². The van der Waals surface area contributed by atoms with Gasteiger partial charge in [0.15, 0.2) is 17.2 Å². The lowest BCUT2D eigenvalue weighted by Gasteiger charge is -2.38. The minimum absolute atomic E-state index is 0.0106. The summed E-state index contributed by atoms with van der Waals surface area (Å²) in [5.74, 6) is -0.447. The Morgan fingerprint density at radius 1 is 1.12 bits per heavy atom. The molecular weight excluding hydrogens is 529 g/mol. The normalized spacial score (nSPS) is 20.2. The first-order valence-electron chi connectivity index (χ1n) is 13.3. The number of aryl methyl sites for hydroxylation is 1. The molecule has 2 aliphatic heterocycles. The van der Waals surface area contributed by atoms with E-state index in [4.69, 9.17) is 10.7 Å². The van der Waals surface area contributed by atoms with Crippen LogP contribution in [0.4, 0.5) is 10.2 Å². The van der Waals surface area contributed by atoms with E-state index in [2.05, 4.69) is 30.4 Å². The molecule has 208 valence electrons. The van der Waals surface area contributed by atoms with Crippen molar-refractivity contribution in [3.05, 3.63) is 59.9 Å². The van der Waals surface area contributed by atoms with Crippen LogP contribution in [0.3, 0.4) is 0 Å². The third-order valence-corrected chi connectivity index (χ3v) is 8.14. The minimum atomic E-state index is -0.456. The van der Waals surface area contributed by atoms with Gasteiger partial charge in [0.2, 0.25) is 5.82 Å². The molecule has 0 radical (unpaired) electrons. The van der Waals surface area contributed by atoms with Gasteiger partial charge in [-0.05, 0) is 38.7 Å². The Morgan fingerprint density at radius 2 is 1.90 bits per heavy atom. The van der Waals surface area contributed by atoms with Gasteiger partial charge in [-0.25, -0.2) is 14.4 Å². The number of hydrogen-bond acceptors (Lipinski definition) is 9. The molecule has 0 aromatic carbocycles. The number of piperidine rings is 1. The third-order valence-electron chi connectivity index (χ3n) is 8.14. The monoisotopic (exact) mass is 555 g/mol. The number of H-pyrrole nitrogens is 1. The molecule has 1 amide bonds. The number of Topliss-reactive ketones (excluding diaryl/α,β-unsaturated/α-hetero) is 1. The minimum Gasteiger partial charge on any atom is -0.383 e. The number of ketones is 1. The van der Waals surface area contributed by atoms with Crippen molar-refractivity contribution in [2.24, 2.45) is 7.05 Å². The highest BCUT2D eigenvalue weighted by Gasteiger charge is 2.45. The van der Waals surface area contributed by atoms with Gasteiger partial charge in [0.1, 0.15) is 17.8 Å². The molecule has 0 saturated carbocycles. The number of carbonyl (C=O) groups is 2. The predicted molar refractivity (Wildman–Crippen MR) is 144 cm³/mol. The summed E-state index contributed by atoms with van der Waals surface area (Å²) in [6.07, 6.45) is 8.88. The van der Waals surface area contributed by atoms with E-state index in [9.17, 15) is 14.0 Å². The number of fused-ring (bicyclic) bond motifs is 3. The SMILES string of the molecule is CC(=O)c1c(C2C[C@H]3CC[C@@H](C2)N3C(=O)c2ncn[nH]2)nc2c(-c3ccc(-c4nn(C)cc4F)nc3)cnn2c1N. The van der Waals surface area contributed by atoms with Crippen molar-refractivity contribution < 1.29 is 14.0 Å². The number of anilines is 1. The molecule has 14 heteroatoms. The number of nitrogens with one attached hydrogen (secondary N) is 1. The molecule has 7 heterocycles. The standard InChI is InChI=1S/C27H26FN11O2/c1-13(40)21-22(15-7-16-4-5-17(8-15)38(16)27(41)25-31-12-32-35-25)34-26-18(10-33-39(26)24(21)29)14-3-6-20(30-9-14)23-19(28)11-37(2)36-23/h3,6,9-12,15-17H,4-5,7-8,29H2,1-2H3,(H,31,32,35)/t15?,16-,17+. The van der Waals surface area contributed by atoms with Gasteiger partial charge in [-0.1, -0.05) is 6.07 Å². The number of halogens is 1. The number of aromatic amines is 1. The number of nitrogens with two attached hydrogens (primary N) is 1. The molecule has 2 saturated heterocycles.